The van der Waals surface area contributed by atoms with E-state index in [-0.39, 0.29) is 29.4 Å². The Morgan fingerprint density at radius 3 is 2.50 bits per heavy atom. The number of alkyl halides is 2. The minimum Gasteiger partial charge on any atom is -0.493 e. The molecule has 0 heterocycles. The largest absolute Gasteiger partial charge is 0.493 e. The molecule has 1 N–H and O–H groups in total. The van der Waals surface area contributed by atoms with Crippen molar-refractivity contribution in [3.63, 3.8) is 0 Å². The second kappa shape index (κ2) is 8.24. The number of halogens is 3. The number of amides is 1. The smallest absolute Gasteiger partial charge is 0.387 e. The van der Waals surface area contributed by atoms with Gasteiger partial charge in [0.2, 0.25) is 0 Å². The van der Waals surface area contributed by atoms with Gasteiger partial charge in [-0.15, -0.1) is 0 Å². The van der Waals surface area contributed by atoms with Crippen LogP contribution in [0.25, 0.3) is 0 Å². The molecule has 0 fully saturated rings. The Kier molecular flexibility index (Phi) is 6.06. The number of benzene rings is 2. The van der Waals surface area contributed by atoms with Crippen molar-refractivity contribution in [3.05, 3.63) is 59.4 Å². The van der Waals surface area contributed by atoms with E-state index in [2.05, 4.69) is 10.1 Å². The van der Waals surface area contributed by atoms with E-state index in [0.29, 0.717) is 6.42 Å². The monoisotopic (exact) mass is 339 g/mol. The zero-order valence-electron chi connectivity index (χ0n) is 12.9. The molecule has 0 aliphatic rings. The molecule has 2 aromatic carbocycles. The molecule has 0 radical (unpaired) electrons. The highest BCUT2D eigenvalue weighted by molar-refractivity contribution is 5.97. The number of rotatable bonds is 7. The first kappa shape index (κ1) is 17.7. The molecule has 0 aliphatic heterocycles. The maximum atomic E-state index is 12.8. The highest BCUT2D eigenvalue weighted by atomic mass is 19.3. The summed E-state index contributed by atoms with van der Waals surface area (Å²) in [5.74, 6) is -1.17. The normalized spacial score (nSPS) is 10.5. The lowest BCUT2D eigenvalue weighted by atomic mass is 10.1. The number of carbonyl (C=O) groups excluding carboxylic acids is 1. The Bertz CT molecular complexity index is 690. The van der Waals surface area contributed by atoms with Gasteiger partial charge in [0.25, 0.3) is 5.91 Å². The molecule has 0 aromatic heterocycles. The van der Waals surface area contributed by atoms with E-state index < -0.39 is 12.5 Å². The molecule has 1 amide bonds. The molecule has 4 nitrogen and oxygen atoms in total. The molecule has 0 spiro atoms. The third-order valence-corrected chi connectivity index (χ3v) is 3.26. The van der Waals surface area contributed by atoms with Gasteiger partial charge in [-0.05, 0) is 36.2 Å². The van der Waals surface area contributed by atoms with Gasteiger partial charge in [-0.2, -0.15) is 8.78 Å². The predicted molar refractivity (Wildman–Crippen MR) is 82.1 cm³/mol. The summed E-state index contributed by atoms with van der Waals surface area (Å²) in [6.07, 6.45) is 0.473. The Hall–Kier alpha value is -2.70. The molecule has 0 saturated heterocycles. The number of ether oxygens (including phenoxy) is 2. The molecule has 0 saturated carbocycles. The fraction of sp³-hybridized carbons (Fsp3) is 0.235. The molecule has 2 rings (SSSR count). The summed E-state index contributed by atoms with van der Waals surface area (Å²) in [5.41, 5.74) is 0.792. The van der Waals surface area contributed by atoms with Gasteiger partial charge < -0.3 is 14.8 Å². The number of methoxy groups -OCH3 is 1. The summed E-state index contributed by atoms with van der Waals surface area (Å²) in [6, 6.07) is 10.2. The second-order valence-corrected chi connectivity index (χ2v) is 4.85. The number of hydrogen-bond acceptors (Lipinski definition) is 3. The van der Waals surface area contributed by atoms with Crippen LogP contribution in [0.3, 0.4) is 0 Å². The van der Waals surface area contributed by atoms with Crippen molar-refractivity contribution in [2.45, 2.75) is 13.0 Å². The van der Waals surface area contributed by atoms with Gasteiger partial charge in [-0.25, -0.2) is 4.39 Å². The molecule has 0 bridgehead atoms. The van der Waals surface area contributed by atoms with E-state index in [1.807, 2.05) is 0 Å². The van der Waals surface area contributed by atoms with E-state index in [1.54, 1.807) is 12.1 Å². The van der Waals surface area contributed by atoms with E-state index in [0.717, 1.165) is 5.56 Å². The van der Waals surface area contributed by atoms with Crippen LogP contribution in [-0.2, 0) is 6.42 Å². The average molecular weight is 339 g/mol. The van der Waals surface area contributed by atoms with Crippen LogP contribution in [0.15, 0.2) is 42.5 Å². The van der Waals surface area contributed by atoms with Crippen molar-refractivity contribution in [2.75, 3.05) is 13.7 Å². The van der Waals surface area contributed by atoms with Crippen LogP contribution in [0.1, 0.15) is 15.9 Å². The van der Waals surface area contributed by atoms with Gasteiger partial charge in [-0.3, -0.25) is 4.79 Å². The number of carbonyl (C=O) groups is 1. The van der Waals surface area contributed by atoms with Gasteiger partial charge in [0.05, 0.1) is 12.7 Å². The fourth-order valence-electron chi connectivity index (χ4n) is 2.13. The van der Waals surface area contributed by atoms with Crippen LogP contribution < -0.4 is 14.8 Å². The standard InChI is InChI=1S/C17H16F3NO3/c1-23-14-4-2-3-13(15(14)24-17(19)20)16(22)21-10-9-11-5-7-12(18)8-6-11/h2-8,17H,9-10H2,1H3,(H,21,22). The van der Waals surface area contributed by atoms with Gasteiger partial charge >= 0.3 is 6.61 Å². The predicted octanol–water partition coefficient (Wildman–Crippen LogP) is 3.41. The van der Waals surface area contributed by atoms with E-state index >= 15 is 0 Å². The molecule has 0 atom stereocenters. The van der Waals surface area contributed by atoms with E-state index in [4.69, 9.17) is 4.74 Å². The summed E-state index contributed by atoms with van der Waals surface area (Å²) in [6.45, 7) is -2.82. The van der Waals surface area contributed by atoms with Gasteiger partial charge in [0.15, 0.2) is 11.5 Å². The Labute approximate surface area is 137 Å². The maximum Gasteiger partial charge on any atom is 0.387 e. The number of para-hydroxylation sites is 1. The van der Waals surface area contributed by atoms with Gasteiger partial charge in [0, 0.05) is 6.54 Å². The van der Waals surface area contributed by atoms with Crippen LogP contribution in [0.4, 0.5) is 13.2 Å². The lowest BCUT2D eigenvalue weighted by Crippen LogP contribution is -2.26. The zero-order valence-corrected chi connectivity index (χ0v) is 12.9. The summed E-state index contributed by atoms with van der Waals surface area (Å²) in [7, 11) is 1.30. The molecule has 24 heavy (non-hydrogen) atoms. The van der Waals surface area contributed by atoms with Gasteiger partial charge in [0.1, 0.15) is 5.82 Å². The summed E-state index contributed by atoms with van der Waals surface area (Å²) < 4.78 is 47.3. The van der Waals surface area contributed by atoms with Crippen LogP contribution >= 0.6 is 0 Å². The minimum atomic E-state index is -3.08. The fourth-order valence-corrected chi connectivity index (χ4v) is 2.13. The van der Waals surface area contributed by atoms with Crippen LogP contribution in [-0.4, -0.2) is 26.2 Å². The van der Waals surface area contributed by atoms with Gasteiger partial charge in [-0.1, -0.05) is 18.2 Å². The minimum absolute atomic E-state index is 0.0430. The zero-order chi connectivity index (χ0) is 17.5. The van der Waals surface area contributed by atoms with Crippen LogP contribution in [0.2, 0.25) is 0 Å². The first-order valence-corrected chi connectivity index (χ1v) is 7.15. The third-order valence-electron chi connectivity index (χ3n) is 3.26. The molecule has 0 aliphatic carbocycles. The van der Waals surface area contributed by atoms with Crippen molar-refractivity contribution in [1.29, 1.82) is 0 Å². The average Bonchev–Trinajstić information content (AvgIpc) is 2.56. The topological polar surface area (TPSA) is 47.6 Å². The highest BCUT2D eigenvalue weighted by Crippen LogP contribution is 2.32. The van der Waals surface area contributed by atoms with Crippen molar-refractivity contribution in [3.8, 4) is 11.5 Å². The quantitative estimate of drug-likeness (QED) is 0.841. The van der Waals surface area contributed by atoms with E-state index in [1.165, 1.54) is 37.4 Å². The molecule has 128 valence electrons. The Balaban J connectivity index is 2.04. The summed E-state index contributed by atoms with van der Waals surface area (Å²) >= 11 is 0. The molecule has 7 heteroatoms. The van der Waals surface area contributed by atoms with Crippen molar-refractivity contribution in [2.24, 2.45) is 0 Å². The molecular weight excluding hydrogens is 323 g/mol. The van der Waals surface area contributed by atoms with Crippen molar-refractivity contribution < 1.29 is 27.4 Å². The lowest BCUT2D eigenvalue weighted by molar-refractivity contribution is -0.0515. The lowest BCUT2D eigenvalue weighted by Gasteiger charge is -2.14. The summed E-state index contributed by atoms with van der Waals surface area (Å²) in [4.78, 5) is 12.2. The summed E-state index contributed by atoms with van der Waals surface area (Å²) in [5, 5.41) is 2.61. The molecular formula is C17H16F3NO3. The Morgan fingerprint density at radius 1 is 1.17 bits per heavy atom. The molecule has 2 aromatic rings. The second-order valence-electron chi connectivity index (χ2n) is 4.85. The highest BCUT2D eigenvalue weighted by Gasteiger charge is 2.19. The van der Waals surface area contributed by atoms with Crippen LogP contribution in [0, 0.1) is 5.82 Å². The SMILES string of the molecule is COc1cccc(C(=O)NCCc2ccc(F)cc2)c1OC(F)F. The van der Waals surface area contributed by atoms with E-state index in [9.17, 15) is 18.0 Å². The van der Waals surface area contributed by atoms with Crippen molar-refractivity contribution >= 4 is 5.91 Å². The van der Waals surface area contributed by atoms with Crippen LogP contribution in [0.5, 0.6) is 11.5 Å². The number of hydrogen-bond donors (Lipinski definition) is 1. The Morgan fingerprint density at radius 2 is 1.88 bits per heavy atom. The molecule has 0 unspecified atom stereocenters. The maximum absolute atomic E-state index is 12.8. The van der Waals surface area contributed by atoms with Crippen molar-refractivity contribution in [1.82, 2.24) is 5.32 Å². The number of nitrogens with one attached hydrogen (secondary N) is 1. The first-order chi connectivity index (χ1) is 11.5. The first-order valence-electron chi connectivity index (χ1n) is 7.15. The third kappa shape index (κ3) is 4.65.